The second kappa shape index (κ2) is 10.3. The number of morpholine rings is 1. The van der Waals surface area contributed by atoms with E-state index in [0.29, 0.717) is 18.0 Å². The van der Waals surface area contributed by atoms with Crippen molar-refractivity contribution in [1.29, 1.82) is 0 Å². The number of nitrogens with one attached hydrogen (secondary N) is 1. The first kappa shape index (κ1) is 20.5. The highest BCUT2D eigenvalue weighted by atomic mass is 16.5. The van der Waals surface area contributed by atoms with Gasteiger partial charge in [-0.25, -0.2) is 0 Å². The van der Waals surface area contributed by atoms with Crippen LogP contribution in [-0.4, -0.2) is 99.3 Å². The maximum absolute atomic E-state index is 5.50. The average molecular weight is 354 g/mol. The third-order valence-corrected chi connectivity index (χ3v) is 5.29. The minimum Gasteiger partial charge on any atom is -0.379 e. The highest BCUT2D eigenvalue weighted by molar-refractivity contribution is 5.80. The minimum absolute atomic E-state index is 0.506. The molecular weight excluding hydrogens is 314 g/mol. The van der Waals surface area contributed by atoms with E-state index in [1.165, 1.54) is 12.8 Å². The van der Waals surface area contributed by atoms with Gasteiger partial charge in [0.25, 0.3) is 0 Å². The van der Waals surface area contributed by atoms with Crippen molar-refractivity contribution in [2.75, 3.05) is 66.6 Å². The van der Waals surface area contributed by atoms with Gasteiger partial charge >= 0.3 is 0 Å². The quantitative estimate of drug-likeness (QED) is 0.553. The Morgan fingerprint density at radius 3 is 2.56 bits per heavy atom. The van der Waals surface area contributed by atoms with Crippen LogP contribution in [0.1, 0.15) is 33.6 Å². The van der Waals surface area contributed by atoms with Crippen LogP contribution < -0.4 is 5.32 Å². The van der Waals surface area contributed by atoms with Gasteiger partial charge in [-0.2, -0.15) is 0 Å². The molecule has 0 amide bonds. The Labute approximate surface area is 154 Å². The van der Waals surface area contributed by atoms with Crippen LogP contribution in [0.5, 0.6) is 0 Å². The molecule has 6 heteroatoms. The number of likely N-dealkylation sites (N-methyl/N-ethyl adjacent to an activating group) is 1. The van der Waals surface area contributed by atoms with Crippen molar-refractivity contribution in [3.63, 3.8) is 0 Å². The van der Waals surface area contributed by atoms with E-state index < -0.39 is 0 Å². The number of hydrogen-bond acceptors (Lipinski definition) is 4. The molecule has 2 aliphatic rings. The molecule has 0 saturated carbocycles. The molecule has 2 unspecified atom stereocenters. The van der Waals surface area contributed by atoms with Crippen molar-refractivity contribution >= 4 is 5.96 Å². The Morgan fingerprint density at radius 1 is 1.24 bits per heavy atom. The van der Waals surface area contributed by atoms with E-state index in [1.807, 2.05) is 0 Å². The van der Waals surface area contributed by atoms with Gasteiger partial charge in [-0.05, 0) is 39.8 Å². The number of hydrogen-bond donors (Lipinski definition) is 1. The van der Waals surface area contributed by atoms with E-state index in [4.69, 9.17) is 9.73 Å². The predicted octanol–water partition coefficient (Wildman–Crippen LogP) is 1.33. The summed E-state index contributed by atoms with van der Waals surface area (Å²) in [4.78, 5) is 12.4. The van der Waals surface area contributed by atoms with Crippen molar-refractivity contribution in [1.82, 2.24) is 20.0 Å². The minimum atomic E-state index is 0.506. The van der Waals surface area contributed by atoms with E-state index in [2.05, 4.69) is 54.9 Å². The molecule has 2 rings (SSSR count). The van der Waals surface area contributed by atoms with Gasteiger partial charge in [0.05, 0.1) is 19.8 Å². The van der Waals surface area contributed by atoms with E-state index in [1.54, 1.807) is 0 Å². The largest absolute Gasteiger partial charge is 0.379 e. The molecule has 0 spiro atoms. The molecule has 2 saturated heterocycles. The molecule has 25 heavy (non-hydrogen) atoms. The molecule has 0 aromatic carbocycles. The fraction of sp³-hybridized carbons (Fsp3) is 0.947. The monoisotopic (exact) mass is 353 g/mol. The van der Waals surface area contributed by atoms with E-state index in [0.717, 1.165) is 58.4 Å². The lowest BCUT2D eigenvalue weighted by Gasteiger charge is -2.32. The number of ether oxygens (including phenoxy) is 1. The van der Waals surface area contributed by atoms with Crippen molar-refractivity contribution in [3.05, 3.63) is 0 Å². The topological polar surface area (TPSA) is 43.3 Å². The zero-order valence-corrected chi connectivity index (χ0v) is 17.0. The zero-order valence-electron chi connectivity index (χ0n) is 17.0. The Morgan fingerprint density at radius 2 is 1.96 bits per heavy atom. The molecular formula is C19H39N5O. The van der Waals surface area contributed by atoms with Crippen LogP contribution in [0.15, 0.2) is 4.99 Å². The smallest absolute Gasteiger partial charge is 0.194 e. The lowest BCUT2D eigenvalue weighted by molar-refractivity contribution is 0.0195. The maximum Gasteiger partial charge on any atom is 0.194 e. The first-order valence-corrected chi connectivity index (χ1v) is 10.0. The van der Waals surface area contributed by atoms with Gasteiger partial charge in [-0.3, -0.25) is 9.89 Å². The summed E-state index contributed by atoms with van der Waals surface area (Å²) in [5.41, 5.74) is 0. The summed E-state index contributed by atoms with van der Waals surface area (Å²) in [6.07, 6.45) is 2.42. The van der Waals surface area contributed by atoms with Crippen LogP contribution in [0.2, 0.25) is 0 Å². The Hall–Kier alpha value is -0.850. The number of guanidine groups is 1. The summed E-state index contributed by atoms with van der Waals surface area (Å²) in [7, 11) is 4.33. The molecule has 1 N–H and O–H groups in total. The fourth-order valence-electron chi connectivity index (χ4n) is 3.79. The normalized spacial score (nSPS) is 24.4. The Balaban J connectivity index is 1.94. The van der Waals surface area contributed by atoms with Crippen LogP contribution in [-0.2, 0) is 4.74 Å². The highest BCUT2D eigenvalue weighted by Gasteiger charge is 2.30. The lowest BCUT2D eigenvalue weighted by Crippen LogP contribution is -2.47. The molecule has 2 heterocycles. The van der Waals surface area contributed by atoms with Crippen LogP contribution in [0.3, 0.4) is 0 Å². The van der Waals surface area contributed by atoms with Crippen LogP contribution in [0.4, 0.5) is 0 Å². The summed E-state index contributed by atoms with van der Waals surface area (Å²) >= 11 is 0. The van der Waals surface area contributed by atoms with Crippen molar-refractivity contribution < 1.29 is 4.74 Å². The number of nitrogens with zero attached hydrogens (tertiary/aromatic N) is 4. The van der Waals surface area contributed by atoms with E-state index >= 15 is 0 Å². The van der Waals surface area contributed by atoms with Crippen LogP contribution >= 0.6 is 0 Å². The van der Waals surface area contributed by atoms with Gasteiger partial charge in [0.15, 0.2) is 5.96 Å². The average Bonchev–Trinajstić information content (AvgIpc) is 3.07. The Kier molecular flexibility index (Phi) is 8.46. The number of aliphatic imine (C=N–C) groups is 1. The van der Waals surface area contributed by atoms with Crippen LogP contribution in [0.25, 0.3) is 0 Å². The molecule has 6 nitrogen and oxygen atoms in total. The third kappa shape index (κ3) is 6.42. The molecule has 0 radical (unpaired) electrons. The van der Waals surface area contributed by atoms with Crippen LogP contribution in [0, 0.1) is 5.92 Å². The summed E-state index contributed by atoms with van der Waals surface area (Å²) in [6, 6.07) is 1.15. The van der Waals surface area contributed by atoms with Crippen molar-refractivity contribution in [3.8, 4) is 0 Å². The molecule has 0 bridgehead atoms. The third-order valence-electron chi connectivity index (χ3n) is 5.29. The molecule has 2 atom stereocenters. The standard InChI is InChI=1S/C19H39N5O/c1-6-20-19(21-14-18(22(4)5)13-16(2)3)24-8-7-17(15-24)23-9-11-25-12-10-23/h16-18H,6-15H2,1-5H3,(H,20,21). The van der Waals surface area contributed by atoms with Crippen molar-refractivity contribution in [2.45, 2.75) is 45.7 Å². The summed E-state index contributed by atoms with van der Waals surface area (Å²) < 4.78 is 5.50. The Bertz CT molecular complexity index is 407. The zero-order chi connectivity index (χ0) is 18.2. The SMILES string of the molecule is CCNC(=NCC(CC(C)C)N(C)C)N1CCC(N2CCOCC2)C1. The van der Waals surface area contributed by atoms with Gasteiger partial charge in [-0.1, -0.05) is 13.8 Å². The van der Waals surface area contributed by atoms with Gasteiger partial charge in [0, 0.05) is 44.8 Å². The van der Waals surface area contributed by atoms with Gasteiger partial charge in [0.1, 0.15) is 0 Å². The lowest BCUT2D eigenvalue weighted by atomic mass is 10.0. The second-order valence-corrected chi connectivity index (χ2v) is 7.98. The summed E-state index contributed by atoms with van der Waals surface area (Å²) in [6.45, 7) is 14.6. The van der Waals surface area contributed by atoms with E-state index in [-0.39, 0.29) is 0 Å². The highest BCUT2D eigenvalue weighted by Crippen LogP contribution is 2.17. The van der Waals surface area contributed by atoms with Gasteiger partial charge < -0.3 is 19.9 Å². The van der Waals surface area contributed by atoms with Gasteiger partial charge in [-0.15, -0.1) is 0 Å². The first-order chi connectivity index (χ1) is 12.0. The predicted molar refractivity (Wildman–Crippen MR) is 105 cm³/mol. The molecule has 0 aromatic rings. The fourth-order valence-corrected chi connectivity index (χ4v) is 3.79. The second-order valence-electron chi connectivity index (χ2n) is 7.98. The molecule has 2 aliphatic heterocycles. The first-order valence-electron chi connectivity index (χ1n) is 10.0. The summed E-state index contributed by atoms with van der Waals surface area (Å²) in [5.74, 6) is 1.79. The van der Waals surface area contributed by atoms with Gasteiger partial charge in [0.2, 0.25) is 0 Å². The number of rotatable bonds is 7. The molecule has 0 aromatic heterocycles. The molecule has 0 aliphatic carbocycles. The summed E-state index contributed by atoms with van der Waals surface area (Å²) in [5, 5.41) is 3.51. The molecule has 2 fully saturated rings. The van der Waals surface area contributed by atoms with Crippen molar-refractivity contribution in [2.24, 2.45) is 10.9 Å². The maximum atomic E-state index is 5.50. The molecule has 146 valence electrons. The van der Waals surface area contributed by atoms with E-state index in [9.17, 15) is 0 Å². The number of likely N-dealkylation sites (tertiary alicyclic amines) is 1.